The van der Waals surface area contributed by atoms with Crippen molar-refractivity contribution < 1.29 is 9.53 Å². The van der Waals surface area contributed by atoms with Crippen molar-refractivity contribution >= 4 is 11.6 Å². The van der Waals surface area contributed by atoms with Gasteiger partial charge in [0.15, 0.2) is 5.65 Å². The fourth-order valence-corrected chi connectivity index (χ4v) is 2.59. The van der Waals surface area contributed by atoms with Gasteiger partial charge in [0.2, 0.25) is 5.82 Å². The van der Waals surface area contributed by atoms with E-state index in [-0.39, 0.29) is 29.2 Å². The Kier molecular flexibility index (Phi) is 3.88. The van der Waals surface area contributed by atoms with Gasteiger partial charge in [-0.05, 0) is 25.0 Å². The van der Waals surface area contributed by atoms with Crippen molar-refractivity contribution in [3.8, 4) is 17.2 Å². The molecule has 0 aliphatic heterocycles. The Morgan fingerprint density at radius 3 is 2.71 bits per heavy atom. The van der Waals surface area contributed by atoms with Gasteiger partial charge in [-0.15, -0.1) is 0 Å². The highest BCUT2D eigenvalue weighted by Gasteiger charge is 2.21. The summed E-state index contributed by atoms with van der Waals surface area (Å²) in [5.74, 6) is -0.793. The number of esters is 1. The molecule has 0 spiro atoms. The first-order valence-electron chi connectivity index (χ1n) is 7.36. The third-order valence-corrected chi connectivity index (χ3v) is 3.68. The van der Waals surface area contributed by atoms with E-state index in [1.54, 1.807) is 26.0 Å². The van der Waals surface area contributed by atoms with Gasteiger partial charge in [0, 0.05) is 0 Å². The maximum atomic E-state index is 12.8. The molecule has 0 unspecified atom stereocenters. The summed E-state index contributed by atoms with van der Waals surface area (Å²) in [6.07, 6.45) is 0. The van der Waals surface area contributed by atoms with E-state index >= 15 is 0 Å². The smallest absolute Gasteiger partial charge is 0.375 e. The van der Waals surface area contributed by atoms with Gasteiger partial charge in [0.05, 0.1) is 12.2 Å². The molecule has 0 saturated heterocycles. The van der Waals surface area contributed by atoms with Crippen molar-refractivity contribution in [1.29, 1.82) is 5.26 Å². The summed E-state index contributed by atoms with van der Waals surface area (Å²) < 4.78 is 6.00. The Balaban J connectivity index is 2.35. The maximum absolute atomic E-state index is 12.8. The van der Waals surface area contributed by atoms with Crippen molar-refractivity contribution in [2.75, 3.05) is 6.61 Å². The van der Waals surface area contributed by atoms with E-state index in [9.17, 15) is 14.9 Å². The molecule has 0 saturated carbocycles. The number of carbonyl (C=O) groups is 1. The number of pyridine rings is 1. The van der Waals surface area contributed by atoms with Crippen LogP contribution in [0.5, 0.6) is 0 Å². The fraction of sp³-hybridized carbons (Fsp3) is 0.176. The number of rotatable bonds is 3. The van der Waals surface area contributed by atoms with Gasteiger partial charge in [0.1, 0.15) is 11.6 Å². The number of carbonyl (C=O) groups excluding carboxylic acids is 1. The standard InChI is InChI=1S/C17H14N4O3/c1-3-24-17(23)14-19-15-12(9-18)10(2)13(16(22)21(15)20-14)11-7-5-4-6-8-11/h4-8H,3H2,1-2H3,(H,19,20). The molecule has 1 aromatic carbocycles. The molecular weight excluding hydrogens is 308 g/mol. The highest BCUT2D eigenvalue weighted by atomic mass is 16.5. The molecular formula is C17H14N4O3. The van der Waals surface area contributed by atoms with Crippen LogP contribution in [0, 0.1) is 18.3 Å². The first kappa shape index (κ1) is 15.5. The van der Waals surface area contributed by atoms with Crippen LogP contribution < -0.4 is 5.56 Å². The number of nitriles is 1. The van der Waals surface area contributed by atoms with Crippen LogP contribution in [-0.2, 0) is 4.74 Å². The number of ether oxygens (including phenoxy) is 1. The number of hydrogen-bond acceptors (Lipinski definition) is 5. The minimum atomic E-state index is -0.677. The Labute approximate surface area is 137 Å². The molecule has 24 heavy (non-hydrogen) atoms. The lowest BCUT2D eigenvalue weighted by Gasteiger charge is -2.07. The quantitative estimate of drug-likeness (QED) is 0.744. The summed E-state index contributed by atoms with van der Waals surface area (Å²) in [6, 6.07) is 11.1. The first-order chi connectivity index (χ1) is 11.6. The van der Waals surface area contributed by atoms with Gasteiger partial charge in [-0.3, -0.25) is 9.89 Å². The van der Waals surface area contributed by atoms with Crippen molar-refractivity contribution in [3.63, 3.8) is 0 Å². The summed E-state index contributed by atoms with van der Waals surface area (Å²) >= 11 is 0. The van der Waals surface area contributed by atoms with E-state index in [1.807, 2.05) is 18.2 Å². The topological polar surface area (TPSA) is 100 Å². The average molecular weight is 322 g/mol. The number of hydrogen-bond donors (Lipinski definition) is 1. The van der Waals surface area contributed by atoms with Crippen molar-refractivity contribution in [2.45, 2.75) is 13.8 Å². The number of aromatic amines is 1. The lowest BCUT2D eigenvalue weighted by atomic mass is 9.99. The minimum Gasteiger partial charge on any atom is -0.460 e. The second-order valence-electron chi connectivity index (χ2n) is 5.11. The van der Waals surface area contributed by atoms with Crippen molar-refractivity contribution in [3.05, 3.63) is 57.6 Å². The molecule has 0 radical (unpaired) electrons. The Morgan fingerprint density at radius 1 is 1.38 bits per heavy atom. The SMILES string of the molecule is CCOC(=O)c1nc2c(C#N)c(C)c(-c3ccccc3)c(=O)n2[nH]1. The van der Waals surface area contributed by atoms with Gasteiger partial charge in [-0.1, -0.05) is 30.3 Å². The zero-order valence-corrected chi connectivity index (χ0v) is 13.2. The predicted octanol–water partition coefficient (Wildman–Crippen LogP) is 2.05. The molecule has 0 aliphatic carbocycles. The highest BCUT2D eigenvalue weighted by molar-refractivity contribution is 5.86. The molecule has 2 heterocycles. The van der Waals surface area contributed by atoms with Crippen LogP contribution in [0.25, 0.3) is 16.8 Å². The number of H-pyrrole nitrogens is 1. The Bertz CT molecular complexity index is 1030. The number of benzene rings is 1. The van der Waals surface area contributed by atoms with E-state index in [1.165, 1.54) is 0 Å². The van der Waals surface area contributed by atoms with E-state index in [0.717, 1.165) is 4.52 Å². The number of aromatic nitrogens is 3. The number of fused-ring (bicyclic) bond motifs is 1. The van der Waals surface area contributed by atoms with Gasteiger partial charge >= 0.3 is 5.97 Å². The lowest BCUT2D eigenvalue weighted by molar-refractivity contribution is 0.0512. The molecule has 2 aromatic heterocycles. The Morgan fingerprint density at radius 2 is 2.08 bits per heavy atom. The van der Waals surface area contributed by atoms with E-state index < -0.39 is 5.97 Å². The van der Waals surface area contributed by atoms with Gasteiger partial charge in [0.25, 0.3) is 5.56 Å². The average Bonchev–Trinajstić information content (AvgIpc) is 3.02. The maximum Gasteiger partial charge on any atom is 0.375 e. The Hall–Kier alpha value is -3.40. The first-order valence-corrected chi connectivity index (χ1v) is 7.36. The zero-order chi connectivity index (χ0) is 17.3. The van der Waals surface area contributed by atoms with Crippen LogP contribution in [0.4, 0.5) is 0 Å². The van der Waals surface area contributed by atoms with Crippen LogP contribution in [0.15, 0.2) is 35.1 Å². The summed E-state index contributed by atoms with van der Waals surface area (Å²) in [5, 5.41) is 12.1. The summed E-state index contributed by atoms with van der Waals surface area (Å²) in [5.41, 5.74) is 1.58. The monoisotopic (exact) mass is 322 g/mol. The van der Waals surface area contributed by atoms with E-state index in [0.29, 0.717) is 16.7 Å². The zero-order valence-electron chi connectivity index (χ0n) is 13.2. The van der Waals surface area contributed by atoms with Crippen LogP contribution in [0.1, 0.15) is 28.7 Å². The fourth-order valence-electron chi connectivity index (χ4n) is 2.59. The van der Waals surface area contributed by atoms with Crippen LogP contribution in [0.3, 0.4) is 0 Å². The molecule has 0 fully saturated rings. The summed E-state index contributed by atoms with van der Waals surface area (Å²) in [4.78, 5) is 28.8. The normalized spacial score (nSPS) is 10.5. The van der Waals surface area contributed by atoms with Crippen molar-refractivity contribution in [1.82, 2.24) is 14.6 Å². The highest BCUT2D eigenvalue weighted by Crippen LogP contribution is 2.24. The molecule has 1 N–H and O–H groups in total. The molecule has 0 amide bonds. The largest absolute Gasteiger partial charge is 0.460 e. The minimum absolute atomic E-state index is 0.114. The van der Waals surface area contributed by atoms with E-state index in [2.05, 4.69) is 16.2 Å². The molecule has 0 atom stereocenters. The predicted molar refractivity (Wildman–Crippen MR) is 86.7 cm³/mol. The van der Waals surface area contributed by atoms with Gasteiger partial charge < -0.3 is 4.74 Å². The lowest BCUT2D eigenvalue weighted by Crippen LogP contribution is -2.19. The molecule has 7 nitrogen and oxygen atoms in total. The third kappa shape index (κ3) is 2.34. The summed E-state index contributed by atoms with van der Waals surface area (Å²) in [7, 11) is 0. The van der Waals surface area contributed by atoms with Crippen molar-refractivity contribution in [2.24, 2.45) is 0 Å². The second kappa shape index (κ2) is 6.01. The van der Waals surface area contributed by atoms with Gasteiger partial charge in [-0.25, -0.2) is 9.78 Å². The number of nitrogens with zero attached hydrogens (tertiary/aromatic N) is 3. The molecule has 7 heteroatoms. The summed E-state index contributed by atoms with van der Waals surface area (Å²) in [6.45, 7) is 3.55. The van der Waals surface area contributed by atoms with Gasteiger partial charge in [-0.2, -0.15) is 9.78 Å². The van der Waals surface area contributed by atoms with Crippen LogP contribution in [0.2, 0.25) is 0 Å². The third-order valence-electron chi connectivity index (χ3n) is 3.68. The molecule has 0 aliphatic rings. The van der Waals surface area contributed by atoms with Crippen LogP contribution in [-0.4, -0.2) is 27.2 Å². The molecule has 0 bridgehead atoms. The number of nitrogens with one attached hydrogen (secondary N) is 1. The van der Waals surface area contributed by atoms with Crippen LogP contribution >= 0.6 is 0 Å². The molecule has 120 valence electrons. The molecule has 3 rings (SSSR count). The second-order valence-corrected chi connectivity index (χ2v) is 5.11. The molecule has 3 aromatic rings. The van der Waals surface area contributed by atoms with E-state index in [4.69, 9.17) is 4.74 Å².